The van der Waals surface area contributed by atoms with E-state index in [1.165, 1.54) is 22.8 Å². The lowest BCUT2D eigenvalue weighted by Crippen LogP contribution is -2.54. The van der Waals surface area contributed by atoms with Crippen LogP contribution < -0.4 is 0 Å². The lowest BCUT2D eigenvalue weighted by Gasteiger charge is -2.45. The lowest BCUT2D eigenvalue weighted by atomic mass is 9.86. The van der Waals surface area contributed by atoms with Gasteiger partial charge in [0.2, 0.25) is 5.91 Å². The number of hydrogen-bond acceptors (Lipinski definition) is 5. The van der Waals surface area contributed by atoms with Gasteiger partial charge >= 0.3 is 0 Å². The smallest absolute Gasteiger partial charge is 0.222 e. The average molecular weight is 479 g/mol. The number of piperidine rings is 1. The van der Waals surface area contributed by atoms with Gasteiger partial charge in [0.15, 0.2) is 0 Å². The first-order chi connectivity index (χ1) is 17.2. The van der Waals surface area contributed by atoms with E-state index in [2.05, 4.69) is 69.0 Å². The Labute approximate surface area is 210 Å². The van der Waals surface area contributed by atoms with E-state index in [0.29, 0.717) is 24.3 Å². The van der Waals surface area contributed by atoms with Crippen molar-refractivity contribution in [3.05, 3.63) is 48.0 Å². The molecule has 0 N–H and O–H groups in total. The zero-order valence-electron chi connectivity index (χ0n) is 21.4. The van der Waals surface area contributed by atoms with Crippen LogP contribution in [0.4, 0.5) is 0 Å². The summed E-state index contributed by atoms with van der Waals surface area (Å²) >= 11 is 0. The summed E-state index contributed by atoms with van der Waals surface area (Å²) in [6.07, 6.45) is 2.85. The Hall–Kier alpha value is -1.99. The van der Waals surface area contributed by atoms with E-state index in [0.717, 1.165) is 85.1 Å². The quantitative estimate of drug-likeness (QED) is 0.611. The van der Waals surface area contributed by atoms with Gasteiger partial charge in [0.1, 0.15) is 0 Å². The molecule has 3 fully saturated rings. The Kier molecular flexibility index (Phi) is 8.35. The molecule has 3 aliphatic heterocycles. The number of likely N-dealkylation sites (N-methyl/N-ethyl adjacent to an activating group) is 1. The highest BCUT2D eigenvalue weighted by Crippen LogP contribution is 2.29. The Morgan fingerprint density at radius 3 is 2.49 bits per heavy atom. The molecule has 0 aromatic heterocycles. The molecule has 0 saturated carbocycles. The number of nitrogens with zero attached hydrogens (tertiary/aromatic N) is 4. The standard InChI is InChI=1S/C29H42N4O2/c1-2-30-14-16-33(17-15-30)29(34)11-10-26-23-31(13-12-28(26)32-18-20-35-21-19-32)22-25-8-5-7-24-6-3-4-9-27(24)25/h3-9,26,28H,2,10-23H2,1H3/t26-,28+/m0/s1. The second-order valence-electron chi connectivity index (χ2n) is 10.5. The van der Waals surface area contributed by atoms with E-state index < -0.39 is 0 Å². The minimum absolute atomic E-state index is 0.354. The number of ether oxygens (including phenoxy) is 1. The van der Waals surface area contributed by atoms with Crippen LogP contribution in [0.15, 0.2) is 42.5 Å². The Balaban J connectivity index is 1.24. The molecule has 35 heavy (non-hydrogen) atoms. The second-order valence-corrected chi connectivity index (χ2v) is 10.5. The van der Waals surface area contributed by atoms with Crippen molar-refractivity contribution < 1.29 is 9.53 Å². The summed E-state index contributed by atoms with van der Waals surface area (Å²) in [5.41, 5.74) is 1.41. The second kappa shape index (κ2) is 11.8. The molecular formula is C29H42N4O2. The van der Waals surface area contributed by atoms with E-state index >= 15 is 0 Å². The average Bonchev–Trinajstić information content (AvgIpc) is 2.92. The topological polar surface area (TPSA) is 39.3 Å². The third-order valence-corrected chi connectivity index (χ3v) is 8.47. The highest BCUT2D eigenvalue weighted by atomic mass is 16.5. The monoisotopic (exact) mass is 478 g/mol. The highest BCUT2D eigenvalue weighted by Gasteiger charge is 2.34. The highest BCUT2D eigenvalue weighted by molar-refractivity contribution is 5.85. The van der Waals surface area contributed by atoms with Gasteiger partial charge in [-0.15, -0.1) is 0 Å². The summed E-state index contributed by atoms with van der Waals surface area (Å²) in [7, 11) is 0. The van der Waals surface area contributed by atoms with Crippen LogP contribution in [0.2, 0.25) is 0 Å². The number of fused-ring (bicyclic) bond motifs is 1. The first-order valence-electron chi connectivity index (χ1n) is 13.7. The van der Waals surface area contributed by atoms with Crippen LogP contribution in [0, 0.1) is 5.92 Å². The van der Waals surface area contributed by atoms with Crippen molar-refractivity contribution in [2.75, 3.05) is 72.1 Å². The number of morpholine rings is 1. The number of hydrogen-bond donors (Lipinski definition) is 0. The lowest BCUT2D eigenvalue weighted by molar-refractivity contribution is -0.133. The normalized spacial score (nSPS) is 25.2. The molecular weight excluding hydrogens is 436 g/mol. The molecule has 190 valence electrons. The van der Waals surface area contributed by atoms with E-state index in [-0.39, 0.29) is 0 Å². The predicted octanol–water partition coefficient (Wildman–Crippen LogP) is 3.31. The van der Waals surface area contributed by atoms with Gasteiger partial charge in [-0.25, -0.2) is 0 Å². The van der Waals surface area contributed by atoms with Gasteiger partial charge in [-0.1, -0.05) is 49.4 Å². The summed E-state index contributed by atoms with van der Waals surface area (Å²) in [5, 5.41) is 2.68. The van der Waals surface area contributed by atoms with Crippen LogP contribution in [0.1, 0.15) is 31.7 Å². The summed E-state index contributed by atoms with van der Waals surface area (Å²) in [6.45, 7) is 14.0. The first kappa shape index (κ1) is 24.7. The van der Waals surface area contributed by atoms with Crippen LogP contribution in [-0.2, 0) is 16.1 Å². The van der Waals surface area contributed by atoms with E-state index in [1.807, 2.05) is 0 Å². The molecule has 2 aromatic carbocycles. The van der Waals surface area contributed by atoms with Crippen molar-refractivity contribution >= 4 is 16.7 Å². The Bertz CT molecular complexity index is 963. The minimum Gasteiger partial charge on any atom is -0.379 e. The van der Waals surface area contributed by atoms with Crippen LogP contribution in [0.3, 0.4) is 0 Å². The molecule has 2 atom stereocenters. The van der Waals surface area contributed by atoms with Gasteiger partial charge in [0.25, 0.3) is 0 Å². The molecule has 1 amide bonds. The molecule has 6 heteroatoms. The van der Waals surface area contributed by atoms with Crippen molar-refractivity contribution in [2.45, 2.75) is 38.8 Å². The number of likely N-dealkylation sites (tertiary alicyclic amines) is 1. The fourth-order valence-corrected chi connectivity index (χ4v) is 6.36. The fraction of sp³-hybridized carbons (Fsp3) is 0.621. The summed E-state index contributed by atoms with van der Waals surface area (Å²) in [4.78, 5) is 22.9. The number of rotatable bonds is 7. The van der Waals surface area contributed by atoms with Crippen LogP contribution in [0.25, 0.3) is 10.8 Å². The van der Waals surface area contributed by atoms with Gasteiger partial charge in [0.05, 0.1) is 13.2 Å². The first-order valence-corrected chi connectivity index (χ1v) is 13.7. The largest absolute Gasteiger partial charge is 0.379 e. The number of carbonyl (C=O) groups excluding carboxylic acids is 1. The van der Waals surface area contributed by atoms with Gasteiger partial charge in [-0.3, -0.25) is 14.6 Å². The van der Waals surface area contributed by atoms with Crippen molar-refractivity contribution in [1.82, 2.24) is 19.6 Å². The van der Waals surface area contributed by atoms with Crippen LogP contribution >= 0.6 is 0 Å². The number of benzene rings is 2. The maximum Gasteiger partial charge on any atom is 0.222 e. The summed E-state index contributed by atoms with van der Waals surface area (Å²) in [5.74, 6) is 0.880. The molecule has 0 spiro atoms. The summed E-state index contributed by atoms with van der Waals surface area (Å²) in [6, 6.07) is 16.0. The molecule has 6 nitrogen and oxygen atoms in total. The van der Waals surface area contributed by atoms with E-state index in [9.17, 15) is 4.79 Å². The van der Waals surface area contributed by atoms with Crippen molar-refractivity contribution in [3.63, 3.8) is 0 Å². The van der Waals surface area contributed by atoms with Crippen molar-refractivity contribution in [1.29, 1.82) is 0 Å². The molecule has 0 aliphatic carbocycles. The number of piperazine rings is 1. The molecule has 3 saturated heterocycles. The van der Waals surface area contributed by atoms with Crippen LogP contribution in [-0.4, -0.2) is 104 Å². The molecule has 2 aromatic rings. The van der Waals surface area contributed by atoms with E-state index in [4.69, 9.17) is 4.74 Å². The molecule has 3 aliphatic rings. The SMILES string of the molecule is CCN1CCN(C(=O)CC[C@H]2CN(Cc3cccc4ccccc34)CC[C@H]2N2CCOCC2)CC1. The number of carbonyl (C=O) groups is 1. The molecule has 5 rings (SSSR count). The summed E-state index contributed by atoms with van der Waals surface area (Å²) < 4.78 is 5.65. The predicted molar refractivity (Wildman–Crippen MR) is 141 cm³/mol. The number of amides is 1. The third-order valence-electron chi connectivity index (χ3n) is 8.47. The Morgan fingerprint density at radius 1 is 0.914 bits per heavy atom. The maximum absolute atomic E-state index is 13.1. The molecule has 0 bridgehead atoms. The van der Waals surface area contributed by atoms with Crippen molar-refractivity contribution in [3.8, 4) is 0 Å². The third kappa shape index (κ3) is 6.05. The van der Waals surface area contributed by atoms with Crippen LogP contribution in [0.5, 0.6) is 0 Å². The molecule has 0 radical (unpaired) electrons. The maximum atomic E-state index is 13.1. The minimum atomic E-state index is 0.354. The molecule has 3 heterocycles. The van der Waals surface area contributed by atoms with Gasteiger partial charge in [-0.2, -0.15) is 0 Å². The fourth-order valence-electron chi connectivity index (χ4n) is 6.36. The van der Waals surface area contributed by atoms with Gasteiger partial charge in [0, 0.05) is 64.8 Å². The van der Waals surface area contributed by atoms with E-state index in [1.54, 1.807) is 0 Å². The van der Waals surface area contributed by atoms with Gasteiger partial charge in [-0.05, 0) is 48.2 Å². The molecule has 0 unspecified atom stereocenters. The zero-order valence-corrected chi connectivity index (χ0v) is 21.4. The zero-order chi connectivity index (χ0) is 24.0. The van der Waals surface area contributed by atoms with Gasteiger partial charge < -0.3 is 14.5 Å². The Morgan fingerprint density at radius 2 is 1.69 bits per heavy atom. The van der Waals surface area contributed by atoms with Crippen molar-refractivity contribution in [2.24, 2.45) is 5.92 Å².